The minimum atomic E-state index is -2.06. The average molecular weight is 1730 g/mol. The first kappa shape index (κ1) is 107. The van der Waals surface area contributed by atoms with Gasteiger partial charge in [-0.3, -0.25) is 19.2 Å². The van der Waals surface area contributed by atoms with Gasteiger partial charge in [0, 0.05) is 42.4 Å². The topological polar surface area (TPSA) is 133 Å². The smallest absolute Gasteiger partial charge is 0.306 e. The number of thiophene rings is 1. The lowest BCUT2D eigenvalue weighted by Crippen LogP contribution is -2.45. The first-order valence-electron chi connectivity index (χ1n) is 42.1. The highest BCUT2D eigenvalue weighted by Crippen LogP contribution is 2.45. The van der Waals surface area contributed by atoms with Crippen LogP contribution >= 0.6 is 33.9 Å². The van der Waals surface area contributed by atoms with Gasteiger partial charge in [0.05, 0.1) is 30.5 Å². The molecule has 2 aliphatic rings. The van der Waals surface area contributed by atoms with Crippen LogP contribution in [0, 0.1) is 11.8 Å². The third kappa shape index (κ3) is 44.4. The van der Waals surface area contributed by atoms with Crippen LogP contribution in [0.3, 0.4) is 0 Å². The molecule has 628 valence electrons. The molecule has 11 nitrogen and oxygen atoms in total. The Labute approximate surface area is 694 Å². The fourth-order valence-corrected chi connectivity index (χ4v) is 18.5. The zero-order valence-corrected chi connectivity index (χ0v) is 83.4. The predicted octanol–water partition coefficient (Wildman–Crippen LogP) is 28.6. The number of esters is 2. The van der Waals surface area contributed by atoms with E-state index in [4.69, 9.17) is 31.6 Å². The van der Waals surface area contributed by atoms with Crippen LogP contribution in [0.1, 0.15) is 285 Å². The lowest BCUT2D eigenvalue weighted by Gasteiger charge is -2.40. The van der Waals surface area contributed by atoms with Gasteiger partial charge in [0.2, 0.25) is 0 Å². The summed E-state index contributed by atoms with van der Waals surface area (Å²) in [6.45, 7) is 68.4. The van der Waals surface area contributed by atoms with Crippen LogP contribution < -0.4 is 0 Å². The summed E-state index contributed by atoms with van der Waals surface area (Å²) in [5.41, 5.74) is 0.848. The van der Waals surface area contributed by atoms with Crippen molar-refractivity contribution in [2.75, 3.05) is 13.2 Å². The molecule has 0 bridgehead atoms. The Morgan fingerprint density at radius 3 is 1.34 bits per heavy atom. The molecule has 0 amide bonds. The zero-order chi connectivity index (χ0) is 83.6. The lowest BCUT2D eigenvalue weighted by atomic mass is 9.90. The number of ketones is 2. The molecule has 1 heterocycles. The molecule has 0 N–H and O–H groups in total. The van der Waals surface area contributed by atoms with E-state index in [9.17, 15) is 19.2 Å². The SMILES string of the molecule is C/C=C/COC(=O)CCC/C=C\CC1=CC(O[Si](C)(C)C(C)(C)C)CC1=O.C/C=C/COC(=O)CCC/C=C\C[C@H]1C(=O)CC(O[Si](C)(C)C(C)(C)C)[C@@H]1/C=C/C(CCCCC)O[Si](C)(C)C(C)(C)C.CCCCCC(/C=C/Cc1cccs1)O[Si](C)(C)C(C)(C)C.CCCCCC(/C=C/I)O[Si](C)(C)C(C)(C)C. The van der Waals surface area contributed by atoms with E-state index in [0.29, 0.717) is 68.7 Å². The second-order valence-corrected chi connectivity index (χ2v) is 63.4. The molecular formula is C91H165IO11SSi5. The molecule has 7 atom stereocenters. The van der Waals surface area contributed by atoms with Crippen LogP contribution in [0.2, 0.25) is 90.7 Å². The van der Waals surface area contributed by atoms with Crippen molar-refractivity contribution in [3.05, 3.63) is 117 Å². The number of carbonyl (C=O) groups is 4. The van der Waals surface area contributed by atoms with Crippen molar-refractivity contribution in [2.24, 2.45) is 11.8 Å². The van der Waals surface area contributed by atoms with Gasteiger partial charge in [-0.1, -0.05) is 290 Å². The number of carbonyl (C=O) groups excluding carboxylic acids is 4. The zero-order valence-electron chi connectivity index (χ0n) is 75.4. The van der Waals surface area contributed by atoms with Crippen LogP contribution in [-0.2, 0) is 57.2 Å². The number of Topliss-reactive ketones (excluding diaryl/α,β-unsaturated/α-hetero) is 2. The third-order valence-corrected chi connectivity index (χ3v) is 47.0. The largest absolute Gasteiger partial charge is 0.461 e. The van der Waals surface area contributed by atoms with Crippen molar-refractivity contribution >= 4 is 99.0 Å². The van der Waals surface area contributed by atoms with Crippen molar-refractivity contribution in [3.8, 4) is 0 Å². The summed E-state index contributed by atoms with van der Waals surface area (Å²) in [4.78, 5) is 50.5. The molecule has 1 aromatic heterocycles. The molecule has 0 aromatic carbocycles. The number of hydrogen-bond donors (Lipinski definition) is 0. The summed E-state index contributed by atoms with van der Waals surface area (Å²) in [5.74, 6) is 0.0867. The normalized spacial score (nSPS) is 18.4. The molecule has 0 aliphatic heterocycles. The van der Waals surface area contributed by atoms with Crippen molar-refractivity contribution < 1.29 is 50.8 Å². The Hall–Kier alpha value is -2.49. The number of hydrogen-bond acceptors (Lipinski definition) is 12. The maximum atomic E-state index is 13.5. The van der Waals surface area contributed by atoms with Crippen LogP contribution in [-0.4, -0.2) is 109 Å². The van der Waals surface area contributed by atoms with Crippen LogP contribution in [0.5, 0.6) is 0 Å². The van der Waals surface area contributed by atoms with Crippen LogP contribution in [0.25, 0.3) is 0 Å². The summed E-state index contributed by atoms with van der Waals surface area (Å²) in [5, 5.41) is 3.07. The summed E-state index contributed by atoms with van der Waals surface area (Å²) in [7, 11) is -9.20. The Bertz CT molecular complexity index is 2940. The van der Waals surface area contributed by atoms with Crippen molar-refractivity contribution in [1.29, 1.82) is 0 Å². The maximum Gasteiger partial charge on any atom is 0.306 e. The first-order valence-corrected chi connectivity index (χ1v) is 58.7. The van der Waals surface area contributed by atoms with Gasteiger partial charge in [0.15, 0.2) is 47.4 Å². The Morgan fingerprint density at radius 1 is 0.514 bits per heavy atom. The van der Waals surface area contributed by atoms with Gasteiger partial charge in [-0.05, 0) is 196 Å². The second kappa shape index (κ2) is 53.0. The molecule has 0 spiro atoms. The molecule has 1 fully saturated rings. The highest BCUT2D eigenvalue weighted by atomic mass is 127. The number of unbranched alkanes of at least 4 members (excludes halogenated alkanes) is 8. The maximum absolute atomic E-state index is 13.5. The third-order valence-electron chi connectivity index (χ3n) is 23.2. The van der Waals surface area contributed by atoms with E-state index in [1.165, 1.54) is 62.7 Å². The first-order chi connectivity index (χ1) is 50.4. The Kier molecular flexibility index (Phi) is 51.8. The van der Waals surface area contributed by atoms with Gasteiger partial charge in [0.25, 0.3) is 0 Å². The van der Waals surface area contributed by atoms with E-state index in [1.54, 1.807) is 0 Å². The van der Waals surface area contributed by atoms with Gasteiger partial charge in [-0.15, -0.1) is 11.3 Å². The van der Waals surface area contributed by atoms with E-state index in [0.717, 1.165) is 56.9 Å². The minimum Gasteiger partial charge on any atom is -0.461 e. The predicted molar refractivity (Wildman–Crippen MR) is 493 cm³/mol. The Morgan fingerprint density at radius 2 is 0.936 bits per heavy atom. The number of rotatable bonds is 44. The second-order valence-electron chi connectivity index (χ2n) is 37.8. The molecule has 2 aliphatic carbocycles. The monoisotopic (exact) mass is 1730 g/mol. The standard InChI is InChI=1S/C36H66O5Si2.C22H36O4Si.C19H34OSSi.C14H29IOSi/c1-13-15-19-22-29(40-42(9,10)35(3,4)5)25-26-31-30(23-20-17-18-21-24-34(38)39-27-16-14-2)32(37)28-33(31)41-43(11,12)36(6,7)8;1-7-8-15-25-21(24)14-12-10-9-11-13-18-16-19(17-20(18)23)26-27(5,6)22(2,3)4;1-7-8-9-12-17(20-22(5,6)19(2,3)4)13-10-14-18-15-11-16-21-18;1-7-8-9-10-13(11-12-15)16-17(5,6)14(2,3)4/h14,16-17,20,25-26,29-31,33H,13,15,18-19,21-24,27-28H2,1-12H3;7-9,11,16,19H,10,12-15,17H2,1-6H3;10-11,13,15-17H,7-9,12,14H2,1-6H3;11-13H,7-10H2,1-6H3/b16-14+,20-17-,26-25+;8-7+,11-9-;13-10+;12-11+/t29?,30-,31-,33?;;;/m1.../s1. The van der Waals surface area contributed by atoms with Crippen molar-refractivity contribution in [2.45, 2.75) is 407 Å². The fourth-order valence-electron chi connectivity index (χ4n) is 10.9. The average Bonchev–Trinajstić information content (AvgIpc) is 1.65. The van der Waals surface area contributed by atoms with Gasteiger partial charge in [-0.2, -0.15) is 0 Å². The Balaban J connectivity index is 0.00000152. The molecule has 18 heteroatoms. The molecule has 0 radical (unpaired) electrons. The molecule has 1 saturated carbocycles. The molecular weight excluding hydrogens is 1570 g/mol. The molecule has 109 heavy (non-hydrogen) atoms. The minimum absolute atomic E-state index is 0.0320. The van der Waals surface area contributed by atoms with Gasteiger partial charge >= 0.3 is 11.9 Å². The molecule has 3 rings (SSSR count). The molecule has 5 unspecified atom stereocenters. The van der Waals surface area contributed by atoms with E-state index in [1.807, 2.05) is 67.7 Å². The lowest BCUT2D eigenvalue weighted by molar-refractivity contribution is -0.143. The quantitative estimate of drug-likeness (QED) is 0.0203. The molecule has 0 saturated heterocycles. The van der Waals surface area contributed by atoms with Crippen molar-refractivity contribution in [1.82, 2.24) is 0 Å². The van der Waals surface area contributed by atoms with Gasteiger partial charge < -0.3 is 31.6 Å². The number of ether oxygens (including phenoxy) is 2. The van der Waals surface area contributed by atoms with E-state index < -0.39 is 41.6 Å². The fraction of sp³-hybridized carbons (Fsp3) is 0.736. The van der Waals surface area contributed by atoms with Gasteiger partial charge in [-0.25, -0.2) is 0 Å². The van der Waals surface area contributed by atoms with E-state index in [-0.39, 0.29) is 74.1 Å². The summed E-state index contributed by atoms with van der Waals surface area (Å²) in [6.07, 6.45) is 51.4. The highest BCUT2D eigenvalue weighted by molar-refractivity contribution is 14.1. The van der Waals surface area contributed by atoms with E-state index >= 15 is 0 Å². The summed E-state index contributed by atoms with van der Waals surface area (Å²) < 4.78 is 45.6. The van der Waals surface area contributed by atoms with Gasteiger partial charge in [0.1, 0.15) is 19.0 Å². The molecule has 1 aromatic rings. The van der Waals surface area contributed by atoms with E-state index in [2.05, 4.69) is 277 Å². The number of allylic oxidation sites excluding steroid dienone is 8. The number of halogens is 1. The summed E-state index contributed by atoms with van der Waals surface area (Å²) >= 11 is 4.12. The summed E-state index contributed by atoms with van der Waals surface area (Å²) in [6, 6.07) is 4.33. The van der Waals surface area contributed by atoms with Crippen molar-refractivity contribution in [3.63, 3.8) is 0 Å². The highest BCUT2D eigenvalue weighted by Gasteiger charge is 2.48. The van der Waals surface area contributed by atoms with Crippen LogP contribution in [0.4, 0.5) is 0 Å². The van der Waals surface area contributed by atoms with Crippen LogP contribution in [0.15, 0.2) is 112 Å².